The average molecular weight is 467 g/mol. The summed E-state index contributed by atoms with van der Waals surface area (Å²) in [5.41, 5.74) is 0. The number of ether oxygens (including phenoxy) is 3. The number of fused-ring (bicyclic) bond motifs is 1. The second kappa shape index (κ2) is 7.34. The molecule has 6 unspecified atom stereocenters. The van der Waals surface area contributed by atoms with Gasteiger partial charge in [-0.25, -0.2) is 0 Å². The third-order valence-electron chi connectivity index (χ3n) is 6.55. The molecule has 0 radical (unpaired) electrons. The van der Waals surface area contributed by atoms with Crippen molar-refractivity contribution in [1.82, 2.24) is 4.90 Å². The van der Waals surface area contributed by atoms with Gasteiger partial charge in [0.1, 0.15) is 12.0 Å². The molecule has 13 heteroatoms. The molecular weight excluding hydrogens is 444 g/mol. The standard InChI is InChI=1S/C18H23F2NO9S/c1-7(2)21-11-12-9(15(21)22)10(17(24)28-6-18(19,20)31(25,26)27)13(29-12)14(11)30-16(23)8-4-3-5-8/h7-14H,3-6H2,1-2H3,(H,25,26,27). The molecule has 1 saturated carbocycles. The summed E-state index contributed by atoms with van der Waals surface area (Å²) in [6.07, 6.45) is -0.579. The van der Waals surface area contributed by atoms with E-state index in [1.54, 1.807) is 13.8 Å². The minimum atomic E-state index is -5.79. The van der Waals surface area contributed by atoms with Crippen LogP contribution in [0.15, 0.2) is 0 Å². The highest BCUT2D eigenvalue weighted by Crippen LogP contribution is 2.53. The van der Waals surface area contributed by atoms with Crippen molar-refractivity contribution < 1.29 is 50.3 Å². The summed E-state index contributed by atoms with van der Waals surface area (Å²) in [5.74, 6) is -4.80. The molecular formula is C18H23F2NO9S. The Morgan fingerprint density at radius 3 is 2.42 bits per heavy atom. The van der Waals surface area contributed by atoms with Crippen molar-refractivity contribution in [3.8, 4) is 0 Å². The summed E-state index contributed by atoms with van der Waals surface area (Å²) in [7, 11) is -5.79. The lowest BCUT2D eigenvalue weighted by Crippen LogP contribution is -2.52. The number of carbonyl (C=O) groups excluding carboxylic acids is 3. The van der Waals surface area contributed by atoms with Gasteiger partial charge in [0.25, 0.3) is 0 Å². The summed E-state index contributed by atoms with van der Waals surface area (Å²) in [6, 6.07) is -0.897. The van der Waals surface area contributed by atoms with Gasteiger partial charge in [0.15, 0.2) is 12.7 Å². The third-order valence-corrected chi connectivity index (χ3v) is 7.42. The van der Waals surface area contributed by atoms with Crippen molar-refractivity contribution in [1.29, 1.82) is 0 Å². The Hall–Kier alpha value is -1.86. The minimum absolute atomic E-state index is 0.265. The van der Waals surface area contributed by atoms with E-state index >= 15 is 0 Å². The van der Waals surface area contributed by atoms with Crippen LogP contribution in [0.4, 0.5) is 8.78 Å². The summed E-state index contributed by atoms with van der Waals surface area (Å²) >= 11 is 0. The van der Waals surface area contributed by atoms with Gasteiger partial charge in [0.05, 0.1) is 24.0 Å². The number of halogens is 2. The summed E-state index contributed by atoms with van der Waals surface area (Å²) in [6.45, 7) is 1.59. The zero-order chi connectivity index (χ0) is 22.9. The van der Waals surface area contributed by atoms with Crippen molar-refractivity contribution in [2.75, 3.05) is 6.61 Å². The summed E-state index contributed by atoms with van der Waals surface area (Å²) < 4.78 is 73.0. The molecule has 4 aliphatic rings. The Morgan fingerprint density at radius 1 is 1.26 bits per heavy atom. The fraction of sp³-hybridized carbons (Fsp3) is 0.833. The van der Waals surface area contributed by atoms with Crippen LogP contribution in [-0.4, -0.2) is 78.0 Å². The van der Waals surface area contributed by atoms with Crippen LogP contribution in [0.2, 0.25) is 0 Å². The smallest absolute Gasteiger partial charge is 0.402 e. The van der Waals surface area contributed by atoms with Crippen molar-refractivity contribution in [2.24, 2.45) is 17.8 Å². The normalized spacial score (nSPS) is 34.9. The molecule has 3 heterocycles. The number of amides is 1. The monoisotopic (exact) mass is 467 g/mol. The highest BCUT2D eigenvalue weighted by molar-refractivity contribution is 7.86. The second-order valence-corrected chi connectivity index (χ2v) is 10.2. The SMILES string of the molecule is CC(C)N1C(=O)C2C3OC(C(OC(=O)C4CCC4)C31)C2C(=O)OCC(F)(F)S(=O)(=O)O. The molecule has 1 amide bonds. The molecule has 3 saturated heterocycles. The maximum absolute atomic E-state index is 13.5. The van der Waals surface area contributed by atoms with Crippen molar-refractivity contribution in [2.45, 2.75) is 68.8 Å². The number of nitrogens with zero attached hydrogens (tertiary/aromatic N) is 1. The predicted octanol–water partition coefficient (Wildman–Crippen LogP) is 0.355. The Balaban J connectivity index is 1.57. The lowest BCUT2D eigenvalue weighted by atomic mass is 9.78. The average Bonchev–Trinajstić information content (AvgIpc) is 3.19. The van der Waals surface area contributed by atoms with Gasteiger partial charge in [-0.1, -0.05) is 6.42 Å². The Labute approximate surface area is 176 Å². The molecule has 0 spiro atoms. The van der Waals surface area contributed by atoms with Crippen LogP contribution in [-0.2, 0) is 38.7 Å². The maximum atomic E-state index is 13.5. The second-order valence-electron chi connectivity index (χ2n) is 8.70. The molecule has 1 aliphatic carbocycles. The van der Waals surface area contributed by atoms with Crippen LogP contribution in [0.3, 0.4) is 0 Å². The fourth-order valence-corrected chi connectivity index (χ4v) is 5.07. The van der Waals surface area contributed by atoms with Gasteiger partial charge in [-0.15, -0.1) is 0 Å². The topological polar surface area (TPSA) is 137 Å². The summed E-state index contributed by atoms with van der Waals surface area (Å²) in [5, 5.41) is -4.70. The largest absolute Gasteiger partial charge is 0.458 e. The quantitative estimate of drug-likeness (QED) is 0.415. The molecule has 0 aromatic carbocycles. The fourth-order valence-electron chi connectivity index (χ4n) is 4.86. The minimum Gasteiger partial charge on any atom is -0.458 e. The van der Waals surface area contributed by atoms with Crippen LogP contribution in [0, 0.1) is 17.8 Å². The first-order chi connectivity index (χ1) is 14.3. The van der Waals surface area contributed by atoms with Crippen LogP contribution in [0.1, 0.15) is 33.1 Å². The predicted molar refractivity (Wildman–Crippen MR) is 96.1 cm³/mol. The van der Waals surface area contributed by atoms with Gasteiger partial charge in [0, 0.05) is 6.04 Å². The van der Waals surface area contributed by atoms with Crippen LogP contribution < -0.4 is 0 Å². The van der Waals surface area contributed by atoms with E-state index in [4.69, 9.17) is 14.0 Å². The number of rotatable bonds is 7. The first-order valence-electron chi connectivity index (χ1n) is 10.0. The van der Waals surface area contributed by atoms with Crippen LogP contribution >= 0.6 is 0 Å². The van der Waals surface area contributed by atoms with Gasteiger partial charge in [-0.05, 0) is 26.7 Å². The van der Waals surface area contributed by atoms with E-state index in [0.29, 0.717) is 12.8 Å². The Bertz CT molecular complexity index is 904. The number of hydrogen-bond acceptors (Lipinski definition) is 8. The molecule has 1 N–H and O–H groups in total. The Morgan fingerprint density at radius 2 is 1.90 bits per heavy atom. The molecule has 31 heavy (non-hydrogen) atoms. The van der Waals surface area contributed by atoms with E-state index in [1.165, 1.54) is 4.90 Å². The van der Waals surface area contributed by atoms with Gasteiger partial charge < -0.3 is 19.1 Å². The molecule has 2 bridgehead atoms. The van der Waals surface area contributed by atoms with Crippen molar-refractivity contribution in [3.05, 3.63) is 0 Å². The molecule has 4 fully saturated rings. The molecule has 0 aromatic rings. The molecule has 10 nitrogen and oxygen atoms in total. The Kier molecular flexibility index (Phi) is 5.29. The lowest BCUT2D eigenvalue weighted by Gasteiger charge is -2.34. The van der Waals surface area contributed by atoms with Crippen molar-refractivity contribution in [3.63, 3.8) is 0 Å². The van der Waals surface area contributed by atoms with E-state index in [9.17, 15) is 31.6 Å². The van der Waals surface area contributed by atoms with Crippen LogP contribution in [0.5, 0.6) is 0 Å². The van der Waals surface area contributed by atoms with Gasteiger partial charge in [-0.3, -0.25) is 18.9 Å². The van der Waals surface area contributed by atoms with E-state index in [-0.39, 0.29) is 12.0 Å². The molecule has 4 rings (SSSR count). The zero-order valence-corrected chi connectivity index (χ0v) is 17.6. The molecule has 3 aliphatic heterocycles. The highest BCUT2D eigenvalue weighted by Gasteiger charge is 2.73. The van der Waals surface area contributed by atoms with Crippen LogP contribution in [0.25, 0.3) is 0 Å². The van der Waals surface area contributed by atoms with Gasteiger partial charge in [0.2, 0.25) is 5.91 Å². The first-order valence-corrected chi connectivity index (χ1v) is 11.5. The highest BCUT2D eigenvalue weighted by atomic mass is 32.2. The van der Waals surface area contributed by atoms with E-state index in [2.05, 4.69) is 4.74 Å². The molecule has 0 aromatic heterocycles. The van der Waals surface area contributed by atoms with E-state index in [0.717, 1.165) is 6.42 Å². The molecule has 174 valence electrons. The number of hydrogen-bond donors (Lipinski definition) is 1. The number of esters is 2. The maximum Gasteiger partial charge on any atom is 0.402 e. The summed E-state index contributed by atoms with van der Waals surface area (Å²) in [4.78, 5) is 39.5. The molecule has 6 atom stereocenters. The number of alkyl halides is 2. The van der Waals surface area contributed by atoms with Crippen molar-refractivity contribution >= 4 is 28.0 Å². The third kappa shape index (κ3) is 3.41. The zero-order valence-electron chi connectivity index (χ0n) is 16.8. The number of carbonyl (C=O) groups is 3. The number of likely N-dealkylation sites (tertiary alicyclic amines) is 1. The first kappa shape index (κ1) is 22.3. The lowest BCUT2D eigenvalue weighted by molar-refractivity contribution is -0.169. The van der Waals surface area contributed by atoms with Gasteiger partial charge >= 0.3 is 27.3 Å². The van der Waals surface area contributed by atoms with E-state index < -0.39 is 76.0 Å². The van der Waals surface area contributed by atoms with Gasteiger partial charge in [-0.2, -0.15) is 17.2 Å². The van der Waals surface area contributed by atoms with E-state index in [1.807, 2.05) is 0 Å².